The van der Waals surface area contributed by atoms with E-state index in [0.717, 1.165) is 25.9 Å². The van der Waals surface area contributed by atoms with Crippen LogP contribution in [0.5, 0.6) is 5.75 Å². The lowest BCUT2D eigenvalue weighted by molar-refractivity contribution is -0.153. The van der Waals surface area contributed by atoms with Gasteiger partial charge in [0.25, 0.3) is 0 Å². The second kappa shape index (κ2) is 11.7. The van der Waals surface area contributed by atoms with Crippen LogP contribution in [-0.2, 0) is 4.79 Å². The van der Waals surface area contributed by atoms with E-state index in [4.69, 9.17) is 16.3 Å². The van der Waals surface area contributed by atoms with Crippen molar-refractivity contribution in [2.24, 2.45) is 0 Å². The molecule has 0 atom stereocenters. The van der Waals surface area contributed by atoms with Gasteiger partial charge in [-0.1, -0.05) is 24.1 Å². The fourth-order valence-corrected chi connectivity index (χ4v) is 4.08. The van der Waals surface area contributed by atoms with Gasteiger partial charge in [0, 0.05) is 29.8 Å². The zero-order valence-corrected chi connectivity index (χ0v) is 20.4. The number of rotatable bonds is 8. The first-order chi connectivity index (χ1) is 17.7. The SMILES string of the molecule is O=C(/C=C/CN1CCCCC1)Nc1cc2c(Nc3ccc(F)c(Cl)c3)ncnc2cc1OCC(F)(F)F. The van der Waals surface area contributed by atoms with Gasteiger partial charge in [-0.15, -0.1) is 0 Å². The minimum atomic E-state index is -4.58. The number of carbonyl (C=O) groups is 1. The number of nitrogens with one attached hydrogen (secondary N) is 2. The Morgan fingerprint density at radius 1 is 1.14 bits per heavy atom. The first-order valence-electron chi connectivity index (χ1n) is 11.6. The summed E-state index contributed by atoms with van der Waals surface area (Å²) in [5.74, 6) is -1.04. The van der Waals surface area contributed by atoms with Crippen LogP contribution in [0.3, 0.4) is 0 Å². The van der Waals surface area contributed by atoms with Crippen LogP contribution < -0.4 is 15.4 Å². The van der Waals surface area contributed by atoms with E-state index < -0.39 is 24.5 Å². The molecule has 1 aliphatic rings. The van der Waals surface area contributed by atoms with Gasteiger partial charge >= 0.3 is 6.18 Å². The van der Waals surface area contributed by atoms with E-state index in [9.17, 15) is 22.4 Å². The van der Waals surface area contributed by atoms with Crippen LogP contribution in [0.2, 0.25) is 5.02 Å². The summed E-state index contributed by atoms with van der Waals surface area (Å²) in [6, 6.07) is 6.70. The number of ether oxygens (including phenoxy) is 1. The van der Waals surface area contributed by atoms with Crippen molar-refractivity contribution in [3.63, 3.8) is 0 Å². The summed E-state index contributed by atoms with van der Waals surface area (Å²) in [6.45, 7) is 0.976. The Bertz CT molecular complexity index is 1300. The van der Waals surface area contributed by atoms with Gasteiger partial charge in [-0.2, -0.15) is 13.2 Å². The molecule has 37 heavy (non-hydrogen) atoms. The number of fused-ring (bicyclic) bond motifs is 1. The largest absolute Gasteiger partial charge is 0.482 e. The smallest absolute Gasteiger partial charge is 0.422 e. The van der Waals surface area contributed by atoms with Crippen molar-refractivity contribution >= 4 is 45.6 Å². The summed E-state index contributed by atoms with van der Waals surface area (Å²) in [5.41, 5.74) is 0.705. The molecule has 12 heteroatoms. The number of halogens is 5. The van der Waals surface area contributed by atoms with Gasteiger partial charge in [0.1, 0.15) is 23.7 Å². The molecule has 0 radical (unpaired) electrons. The van der Waals surface area contributed by atoms with E-state index in [1.54, 1.807) is 6.08 Å². The fourth-order valence-electron chi connectivity index (χ4n) is 3.90. The van der Waals surface area contributed by atoms with Gasteiger partial charge in [0.2, 0.25) is 5.91 Å². The Hall–Kier alpha value is -3.44. The number of hydrogen-bond acceptors (Lipinski definition) is 6. The number of likely N-dealkylation sites (tertiary alicyclic amines) is 1. The van der Waals surface area contributed by atoms with Crippen molar-refractivity contribution in [1.82, 2.24) is 14.9 Å². The zero-order valence-electron chi connectivity index (χ0n) is 19.6. The highest BCUT2D eigenvalue weighted by atomic mass is 35.5. The summed E-state index contributed by atoms with van der Waals surface area (Å²) in [7, 11) is 0. The monoisotopic (exact) mass is 537 g/mol. The number of nitrogens with zero attached hydrogens (tertiary/aromatic N) is 3. The lowest BCUT2D eigenvalue weighted by Gasteiger charge is -2.24. The number of carbonyl (C=O) groups excluding carboxylic acids is 1. The highest BCUT2D eigenvalue weighted by Gasteiger charge is 2.29. The molecule has 0 spiro atoms. The van der Waals surface area contributed by atoms with E-state index >= 15 is 0 Å². The van der Waals surface area contributed by atoms with Crippen LogP contribution in [0, 0.1) is 5.82 Å². The van der Waals surface area contributed by atoms with Gasteiger partial charge in [0.05, 0.1) is 16.2 Å². The molecule has 0 aliphatic carbocycles. The molecule has 1 aromatic heterocycles. The Labute approximate surface area is 215 Å². The molecule has 2 aromatic carbocycles. The van der Waals surface area contributed by atoms with Gasteiger partial charge in [-0.25, -0.2) is 14.4 Å². The van der Waals surface area contributed by atoms with Crippen LogP contribution in [0.25, 0.3) is 10.9 Å². The summed E-state index contributed by atoms with van der Waals surface area (Å²) in [5, 5.41) is 5.86. The molecule has 1 fully saturated rings. The number of piperidine rings is 1. The third-order valence-corrected chi connectivity index (χ3v) is 5.94. The predicted molar refractivity (Wildman–Crippen MR) is 134 cm³/mol. The van der Waals surface area contributed by atoms with Crippen LogP contribution in [0.15, 0.2) is 48.8 Å². The van der Waals surface area contributed by atoms with Crippen molar-refractivity contribution in [3.8, 4) is 5.75 Å². The molecule has 3 aromatic rings. The molecule has 7 nitrogen and oxygen atoms in total. The quantitative estimate of drug-likeness (QED) is 0.267. The average Bonchev–Trinajstić information content (AvgIpc) is 2.85. The maximum atomic E-state index is 13.5. The molecule has 1 aliphatic heterocycles. The number of anilines is 3. The summed E-state index contributed by atoms with van der Waals surface area (Å²) >= 11 is 5.85. The summed E-state index contributed by atoms with van der Waals surface area (Å²) < 4.78 is 57.1. The molecule has 0 saturated carbocycles. The maximum Gasteiger partial charge on any atom is 0.422 e. The minimum absolute atomic E-state index is 0.0133. The highest BCUT2D eigenvalue weighted by molar-refractivity contribution is 6.31. The predicted octanol–water partition coefficient (Wildman–Crippen LogP) is 6.09. The standard InChI is InChI=1S/C25H24ClF4N5O2/c26-18-11-16(6-7-19(18)27)33-24-17-12-21(34-23(36)5-4-10-35-8-2-1-3-9-35)22(37-14-25(28,29)30)13-20(17)31-15-32-24/h4-7,11-13,15H,1-3,8-10,14H2,(H,34,36)(H,31,32,33)/b5-4+. The van der Waals surface area contributed by atoms with Gasteiger partial charge < -0.3 is 15.4 Å². The van der Waals surface area contributed by atoms with Gasteiger partial charge in [-0.3, -0.25) is 9.69 Å². The molecule has 0 bridgehead atoms. The van der Waals surface area contributed by atoms with E-state index in [-0.39, 0.29) is 27.8 Å². The number of hydrogen-bond donors (Lipinski definition) is 2. The Morgan fingerprint density at radius 3 is 2.65 bits per heavy atom. The van der Waals surface area contributed by atoms with Crippen LogP contribution >= 0.6 is 11.6 Å². The molecule has 4 rings (SSSR count). The molecule has 1 amide bonds. The van der Waals surface area contributed by atoms with Gasteiger partial charge in [0.15, 0.2) is 6.61 Å². The number of alkyl halides is 3. The van der Waals surface area contributed by atoms with Crippen LogP contribution in [0.1, 0.15) is 19.3 Å². The van der Waals surface area contributed by atoms with Crippen LogP contribution in [-0.4, -0.2) is 53.2 Å². The molecule has 2 heterocycles. The van der Waals surface area contributed by atoms with Crippen molar-refractivity contribution in [1.29, 1.82) is 0 Å². The number of benzene rings is 2. The van der Waals surface area contributed by atoms with E-state index in [1.807, 2.05) is 0 Å². The highest BCUT2D eigenvalue weighted by Crippen LogP contribution is 2.34. The molecule has 196 valence electrons. The first-order valence-corrected chi connectivity index (χ1v) is 12.0. The van der Waals surface area contributed by atoms with Crippen molar-refractivity contribution in [2.75, 3.05) is 36.9 Å². The molecule has 2 N–H and O–H groups in total. The second-order valence-electron chi connectivity index (χ2n) is 8.50. The normalized spacial score (nSPS) is 14.7. The lowest BCUT2D eigenvalue weighted by Crippen LogP contribution is -2.29. The Morgan fingerprint density at radius 2 is 1.92 bits per heavy atom. The minimum Gasteiger partial charge on any atom is -0.482 e. The van der Waals surface area contributed by atoms with Crippen molar-refractivity contribution < 1.29 is 27.1 Å². The van der Waals surface area contributed by atoms with Gasteiger partial charge in [-0.05, 0) is 50.2 Å². The third kappa shape index (κ3) is 7.53. The summed E-state index contributed by atoms with van der Waals surface area (Å²) in [6.07, 6.45) is 3.10. The summed E-state index contributed by atoms with van der Waals surface area (Å²) in [4.78, 5) is 23.1. The number of aromatic nitrogens is 2. The maximum absolute atomic E-state index is 13.5. The Kier molecular flexibility index (Phi) is 8.45. The van der Waals surface area contributed by atoms with E-state index in [0.29, 0.717) is 17.6 Å². The fraction of sp³-hybridized carbons (Fsp3) is 0.320. The molecular formula is C25H24ClF4N5O2. The van der Waals surface area contributed by atoms with Crippen molar-refractivity contribution in [3.05, 3.63) is 59.7 Å². The van der Waals surface area contributed by atoms with Crippen LogP contribution in [0.4, 0.5) is 34.8 Å². The first kappa shape index (κ1) is 26.6. The van der Waals surface area contributed by atoms with E-state index in [2.05, 4.69) is 25.5 Å². The molecule has 1 saturated heterocycles. The lowest BCUT2D eigenvalue weighted by atomic mass is 10.1. The Balaban J connectivity index is 1.60. The zero-order chi connectivity index (χ0) is 26.4. The number of amides is 1. The molecule has 0 unspecified atom stereocenters. The van der Waals surface area contributed by atoms with E-state index in [1.165, 1.54) is 49.2 Å². The topological polar surface area (TPSA) is 79.4 Å². The average molecular weight is 538 g/mol. The van der Waals surface area contributed by atoms with Crippen molar-refractivity contribution in [2.45, 2.75) is 25.4 Å². The molecular weight excluding hydrogens is 514 g/mol. The third-order valence-electron chi connectivity index (χ3n) is 5.65. The second-order valence-corrected chi connectivity index (χ2v) is 8.91.